The van der Waals surface area contributed by atoms with E-state index in [0.29, 0.717) is 15.6 Å². The minimum Gasteiger partial charge on any atom is -0.398 e. The van der Waals surface area contributed by atoms with E-state index in [1.54, 1.807) is 12.1 Å². The van der Waals surface area contributed by atoms with E-state index in [0.717, 1.165) is 32.1 Å². The highest BCUT2D eigenvalue weighted by Crippen LogP contribution is 2.31. The average Bonchev–Trinajstić information content (AvgIpc) is 2.33. The molecule has 0 atom stereocenters. The Bertz CT molecular complexity index is 507. The maximum Gasteiger partial charge on any atom is 0.181 e. The molecule has 0 bridgehead atoms. The van der Waals surface area contributed by atoms with Gasteiger partial charge in [-0.3, -0.25) is 0 Å². The maximum atomic E-state index is 12.4. The van der Waals surface area contributed by atoms with Crippen molar-refractivity contribution < 1.29 is 8.42 Å². The molecule has 1 aliphatic rings. The highest BCUT2D eigenvalue weighted by molar-refractivity contribution is 7.92. The van der Waals surface area contributed by atoms with Gasteiger partial charge in [-0.15, -0.1) is 0 Å². The summed E-state index contributed by atoms with van der Waals surface area (Å²) < 4.78 is 24.7. The Balaban J connectivity index is 2.33. The van der Waals surface area contributed by atoms with Crippen LogP contribution in [0.3, 0.4) is 0 Å². The zero-order valence-electron chi connectivity index (χ0n) is 9.52. The molecule has 0 radical (unpaired) electrons. The molecule has 1 saturated carbocycles. The number of hydrogen-bond donors (Lipinski definition) is 1. The first-order valence-electron chi connectivity index (χ1n) is 5.81. The van der Waals surface area contributed by atoms with Crippen LogP contribution in [0, 0.1) is 0 Å². The largest absolute Gasteiger partial charge is 0.398 e. The highest BCUT2D eigenvalue weighted by Gasteiger charge is 2.29. The summed E-state index contributed by atoms with van der Waals surface area (Å²) in [6.45, 7) is 0. The molecule has 5 heteroatoms. The van der Waals surface area contributed by atoms with Gasteiger partial charge in [-0.1, -0.05) is 30.9 Å². The van der Waals surface area contributed by atoms with Gasteiger partial charge in [0.25, 0.3) is 0 Å². The Kier molecular flexibility index (Phi) is 3.64. The predicted octanol–water partition coefficient (Wildman–Crippen LogP) is 3.03. The standard InChI is InChI=1S/C12H16ClNO2S/c13-11-8-10(6-7-12(11)14)17(15,16)9-4-2-1-3-5-9/h6-9H,1-5,14H2. The van der Waals surface area contributed by atoms with Crippen LogP contribution in [0.1, 0.15) is 32.1 Å². The second-order valence-electron chi connectivity index (χ2n) is 4.49. The van der Waals surface area contributed by atoms with E-state index in [1.165, 1.54) is 6.07 Å². The monoisotopic (exact) mass is 273 g/mol. The molecule has 0 spiro atoms. The number of benzene rings is 1. The van der Waals surface area contributed by atoms with E-state index >= 15 is 0 Å². The van der Waals surface area contributed by atoms with Gasteiger partial charge in [-0.25, -0.2) is 8.42 Å². The minimum atomic E-state index is -3.24. The molecule has 17 heavy (non-hydrogen) atoms. The van der Waals surface area contributed by atoms with Gasteiger partial charge < -0.3 is 5.73 Å². The van der Waals surface area contributed by atoms with E-state index in [1.807, 2.05) is 0 Å². The van der Waals surface area contributed by atoms with Gasteiger partial charge in [0.1, 0.15) is 0 Å². The Morgan fingerprint density at radius 1 is 1.18 bits per heavy atom. The Hall–Kier alpha value is -0.740. The summed E-state index contributed by atoms with van der Waals surface area (Å²) in [6, 6.07) is 4.56. The second-order valence-corrected chi connectivity index (χ2v) is 7.12. The molecule has 94 valence electrons. The van der Waals surface area contributed by atoms with E-state index in [4.69, 9.17) is 17.3 Å². The van der Waals surface area contributed by atoms with E-state index in [2.05, 4.69) is 0 Å². The summed E-state index contributed by atoms with van der Waals surface area (Å²) in [5.74, 6) is 0. The van der Waals surface area contributed by atoms with Crippen molar-refractivity contribution in [3.05, 3.63) is 23.2 Å². The second kappa shape index (κ2) is 4.86. The lowest BCUT2D eigenvalue weighted by Crippen LogP contribution is -2.24. The molecule has 0 heterocycles. The Morgan fingerprint density at radius 2 is 1.82 bits per heavy atom. The summed E-state index contributed by atoms with van der Waals surface area (Å²) in [5.41, 5.74) is 6.00. The van der Waals surface area contributed by atoms with Crippen molar-refractivity contribution in [2.24, 2.45) is 0 Å². The van der Waals surface area contributed by atoms with Gasteiger partial charge in [0, 0.05) is 0 Å². The van der Waals surface area contributed by atoms with Crippen molar-refractivity contribution in [1.29, 1.82) is 0 Å². The maximum absolute atomic E-state index is 12.4. The topological polar surface area (TPSA) is 60.2 Å². The lowest BCUT2D eigenvalue weighted by atomic mass is 10.0. The van der Waals surface area contributed by atoms with Crippen molar-refractivity contribution in [2.75, 3.05) is 5.73 Å². The number of hydrogen-bond acceptors (Lipinski definition) is 3. The minimum absolute atomic E-state index is 0.254. The molecule has 3 nitrogen and oxygen atoms in total. The highest BCUT2D eigenvalue weighted by atomic mass is 35.5. The van der Waals surface area contributed by atoms with Crippen LogP contribution < -0.4 is 5.73 Å². The number of nitrogen functional groups attached to an aromatic ring is 1. The van der Waals surface area contributed by atoms with Crippen molar-refractivity contribution in [2.45, 2.75) is 42.2 Å². The van der Waals surface area contributed by atoms with E-state index in [9.17, 15) is 8.42 Å². The lowest BCUT2D eigenvalue weighted by Gasteiger charge is -2.21. The smallest absolute Gasteiger partial charge is 0.181 e. The molecule has 1 fully saturated rings. The molecule has 0 unspecified atom stereocenters. The average molecular weight is 274 g/mol. The zero-order chi connectivity index (χ0) is 12.5. The molecular weight excluding hydrogens is 258 g/mol. The number of anilines is 1. The predicted molar refractivity (Wildman–Crippen MR) is 69.9 cm³/mol. The van der Waals surface area contributed by atoms with E-state index in [-0.39, 0.29) is 5.25 Å². The van der Waals surface area contributed by atoms with Crippen LogP contribution in [0.25, 0.3) is 0 Å². The fraction of sp³-hybridized carbons (Fsp3) is 0.500. The number of rotatable bonds is 2. The Morgan fingerprint density at radius 3 is 2.41 bits per heavy atom. The number of sulfone groups is 1. The number of halogens is 1. The van der Waals surface area contributed by atoms with Gasteiger partial charge >= 0.3 is 0 Å². The quantitative estimate of drug-likeness (QED) is 0.843. The fourth-order valence-electron chi connectivity index (χ4n) is 2.25. The van der Waals surface area contributed by atoms with Crippen LogP contribution in [-0.2, 0) is 9.84 Å². The molecule has 0 aliphatic heterocycles. The van der Waals surface area contributed by atoms with Gasteiger partial charge in [0.2, 0.25) is 0 Å². The molecule has 1 aliphatic carbocycles. The molecular formula is C12H16ClNO2S. The van der Waals surface area contributed by atoms with Crippen molar-refractivity contribution in [1.82, 2.24) is 0 Å². The SMILES string of the molecule is Nc1ccc(S(=O)(=O)C2CCCCC2)cc1Cl. The third kappa shape index (κ3) is 2.58. The van der Waals surface area contributed by atoms with Crippen LogP contribution in [0.4, 0.5) is 5.69 Å². The van der Waals surface area contributed by atoms with Crippen molar-refractivity contribution >= 4 is 27.1 Å². The molecule has 2 rings (SSSR count). The Labute approximate surface area is 107 Å². The van der Waals surface area contributed by atoms with Gasteiger partial charge in [-0.05, 0) is 31.0 Å². The van der Waals surface area contributed by atoms with Crippen molar-refractivity contribution in [3.63, 3.8) is 0 Å². The van der Waals surface area contributed by atoms with E-state index < -0.39 is 9.84 Å². The molecule has 0 saturated heterocycles. The summed E-state index contributed by atoms with van der Waals surface area (Å²) in [6.07, 6.45) is 4.63. The molecule has 1 aromatic carbocycles. The summed E-state index contributed by atoms with van der Waals surface area (Å²) in [4.78, 5) is 0.295. The summed E-state index contributed by atoms with van der Waals surface area (Å²) in [5, 5.41) is 0.0535. The first-order valence-corrected chi connectivity index (χ1v) is 7.73. The van der Waals surface area contributed by atoms with Gasteiger partial charge in [0.05, 0.1) is 20.9 Å². The molecule has 0 aromatic heterocycles. The first-order chi connectivity index (χ1) is 8.01. The third-order valence-corrected chi connectivity index (χ3v) is 5.88. The molecule has 0 amide bonds. The zero-order valence-corrected chi connectivity index (χ0v) is 11.1. The van der Waals surface area contributed by atoms with Gasteiger partial charge in [0.15, 0.2) is 9.84 Å². The lowest BCUT2D eigenvalue weighted by molar-refractivity contribution is 0.483. The third-order valence-electron chi connectivity index (χ3n) is 3.29. The van der Waals surface area contributed by atoms with Crippen LogP contribution in [-0.4, -0.2) is 13.7 Å². The first kappa shape index (κ1) is 12.7. The fourth-order valence-corrected chi connectivity index (χ4v) is 4.38. The summed E-state index contributed by atoms with van der Waals surface area (Å²) in [7, 11) is -3.24. The molecule has 1 aromatic rings. The van der Waals surface area contributed by atoms with Crippen LogP contribution in [0.15, 0.2) is 23.1 Å². The summed E-state index contributed by atoms with van der Waals surface area (Å²) >= 11 is 5.87. The van der Waals surface area contributed by atoms with Crippen LogP contribution >= 0.6 is 11.6 Å². The van der Waals surface area contributed by atoms with Crippen LogP contribution in [0.2, 0.25) is 5.02 Å². The molecule has 2 N–H and O–H groups in total. The van der Waals surface area contributed by atoms with Crippen LogP contribution in [0.5, 0.6) is 0 Å². The van der Waals surface area contributed by atoms with Crippen molar-refractivity contribution in [3.8, 4) is 0 Å². The number of nitrogens with two attached hydrogens (primary N) is 1. The van der Waals surface area contributed by atoms with Gasteiger partial charge in [-0.2, -0.15) is 0 Å². The normalized spacial score (nSPS) is 18.2.